The lowest BCUT2D eigenvalue weighted by atomic mass is 9.90. The van der Waals surface area contributed by atoms with E-state index in [2.05, 4.69) is 74.5 Å². The topological polar surface area (TPSA) is 26.0 Å². The number of hydrogen-bond acceptors (Lipinski definition) is 1. The molecule has 3 aromatic rings. The van der Waals surface area contributed by atoms with E-state index in [1.165, 1.54) is 33.0 Å². The maximum absolute atomic E-state index is 6.61. The minimum Gasteiger partial charge on any atom is -0.320 e. The number of fused-ring (bicyclic) bond motifs is 1. The van der Waals surface area contributed by atoms with Crippen LogP contribution in [0.15, 0.2) is 60.7 Å². The first-order valence-corrected chi connectivity index (χ1v) is 7.54. The van der Waals surface area contributed by atoms with E-state index in [4.69, 9.17) is 5.73 Å². The molecule has 0 saturated carbocycles. The summed E-state index contributed by atoms with van der Waals surface area (Å²) in [5.41, 5.74) is 11.7. The fourth-order valence-corrected chi connectivity index (χ4v) is 3.07. The van der Waals surface area contributed by atoms with Gasteiger partial charge in [-0.1, -0.05) is 67.6 Å². The van der Waals surface area contributed by atoms with Gasteiger partial charge in [-0.15, -0.1) is 0 Å². The van der Waals surface area contributed by atoms with Crippen molar-refractivity contribution in [2.24, 2.45) is 5.73 Å². The predicted octanol–water partition coefficient (Wildman–Crippen LogP) is 4.76. The molecule has 3 aromatic carbocycles. The van der Waals surface area contributed by atoms with Gasteiger partial charge in [0.2, 0.25) is 0 Å². The average Bonchev–Trinajstić information content (AvgIpc) is 2.55. The third kappa shape index (κ3) is 2.45. The summed E-state index contributed by atoms with van der Waals surface area (Å²) in [7, 11) is 0. The molecule has 1 unspecified atom stereocenters. The zero-order valence-electron chi connectivity index (χ0n) is 12.6. The van der Waals surface area contributed by atoms with Crippen LogP contribution in [-0.2, 0) is 6.42 Å². The first kappa shape index (κ1) is 13.8. The van der Waals surface area contributed by atoms with Crippen LogP contribution in [0.3, 0.4) is 0 Å². The Balaban J connectivity index is 2.18. The Kier molecular flexibility index (Phi) is 3.76. The minimum absolute atomic E-state index is 0.0772. The summed E-state index contributed by atoms with van der Waals surface area (Å²) in [6, 6.07) is 21.3. The summed E-state index contributed by atoms with van der Waals surface area (Å²) in [6.07, 6.45) is 1.01. The van der Waals surface area contributed by atoms with Gasteiger partial charge < -0.3 is 5.73 Å². The molecule has 0 heterocycles. The molecule has 1 atom stereocenters. The Labute approximate surface area is 126 Å². The number of rotatable bonds is 3. The van der Waals surface area contributed by atoms with Gasteiger partial charge >= 0.3 is 0 Å². The Bertz CT molecular complexity index is 774. The molecule has 0 fully saturated rings. The van der Waals surface area contributed by atoms with Crippen molar-refractivity contribution in [2.45, 2.75) is 26.3 Å². The van der Waals surface area contributed by atoms with Crippen LogP contribution in [0.25, 0.3) is 10.8 Å². The van der Waals surface area contributed by atoms with Gasteiger partial charge in [0.1, 0.15) is 0 Å². The molecule has 0 saturated heterocycles. The largest absolute Gasteiger partial charge is 0.320 e. The smallest absolute Gasteiger partial charge is 0.0560 e. The maximum Gasteiger partial charge on any atom is 0.0560 e. The van der Waals surface area contributed by atoms with E-state index < -0.39 is 0 Å². The summed E-state index contributed by atoms with van der Waals surface area (Å²) in [4.78, 5) is 0. The standard InChI is InChI=1S/C20H21N/c1-3-15-8-4-5-10-17(15)20(21)19-13-12-14(2)16-9-6-7-11-18(16)19/h4-13,20H,3,21H2,1-2H3. The van der Waals surface area contributed by atoms with E-state index in [9.17, 15) is 0 Å². The highest BCUT2D eigenvalue weighted by Gasteiger charge is 2.15. The van der Waals surface area contributed by atoms with Crippen LogP contribution >= 0.6 is 0 Å². The SMILES string of the molecule is CCc1ccccc1C(N)c1ccc(C)c2ccccc12. The van der Waals surface area contributed by atoms with Crippen LogP contribution in [-0.4, -0.2) is 0 Å². The molecule has 21 heavy (non-hydrogen) atoms. The van der Waals surface area contributed by atoms with Crippen molar-refractivity contribution in [2.75, 3.05) is 0 Å². The molecule has 0 aliphatic carbocycles. The normalized spacial score (nSPS) is 12.5. The zero-order valence-corrected chi connectivity index (χ0v) is 12.6. The molecule has 0 aromatic heterocycles. The van der Waals surface area contributed by atoms with Gasteiger partial charge in [-0.3, -0.25) is 0 Å². The Morgan fingerprint density at radius 1 is 0.810 bits per heavy atom. The third-order valence-corrected chi connectivity index (χ3v) is 4.28. The van der Waals surface area contributed by atoms with Crippen LogP contribution in [0, 0.1) is 6.92 Å². The number of hydrogen-bond donors (Lipinski definition) is 1. The van der Waals surface area contributed by atoms with Crippen molar-refractivity contribution in [3.63, 3.8) is 0 Å². The number of nitrogens with two attached hydrogens (primary N) is 1. The lowest BCUT2D eigenvalue weighted by Crippen LogP contribution is -2.14. The fourth-order valence-electron chi connectivity index (χ4n) is 3.07. The van der Waals surface area contributed by atoms with Crippen molar-refractivity contribution in [3.05, 3.63) is 82.9 Å². The lowest BCUT2D eigenvalue weighted by molar-refractivity contribution is 0.857. The monoisotopic (exact) mass is 275 g/mol. The van der Waals surface area contributed by atoms with Crippen molar-refractivity contribution in [1.82, 2.24) is 0 Å². The summed E-state index contributed by atoms with van der Waals surface area (Å²) in [5, 5.41) is 2.55. The van der Waals surface area contributed by atoms with Crippen LogP contribution in [0.5, 0.6) is 0 Å². The van der Waals surface area contributed by atoms with Crippen LogP contribution < -0.4 is 5.73 Å². The first-order chi connectivity index (χ1) is 10.2. The van der Waals surface area contributed by atoms with Crippen LogP contribution in [0.2, 0.25) is 0 Å². The van der Waals surface area contributed by atoms with Crippen molar-refractivity contribution < 1.29 is 0 Å². The molecule has 1 nitrogen and oxygen atoms in total. The molecule has 0 aliphatic heterocycles. The van der Waals surface area contributed by atoms with Crippen molar-refractivity contribution in [1.29, 1.82) is 0 Å². The summed E-state index contributed by atoms with van der Waals surface area (Å²) in [5.74, 6) is 0. The molecule has 0 bridgehead atoms. The Morgan fingerprint density at radius 2 is 1.48 bits per heavy atom. The molecule has 0 amide bonds. The van der Waals surface area contributed by atoms with Gasteiger partial charge in [-0.05, 0) is 46.4 Å². The van der Waals surface area contributed by atoms with E-state index in [0.29, 0.717) is 0 Å². The van der Waals surface area contributed by atoms with Crippen LogP contribution in [0.1, 0.15) is 35.2 Å². The van der Waals surface area contributed by atoms with Gasteiger partial charge in [0.25, 0.3) is 0 Å². The molecule has 1 heteroatoms. The number of aryl methyl sites for hydroxylation is 2. The van der Waals surface area contributed by atoms with E-state index in [1.54, 1.807) is 0 Å². The van der Waals surface area contributed by atoms with Gasteiger partial charge in [0.15, 0.2) is 0 Å². The zero-order chi connectivity index (χ0) is 14.8. The second-order valence-corrected chi connectivity index (χ2v) is 5.55. The van der Waals surface area contributed by atoms with Gasteiger partial charge in [0.05, 0.1) is 6.04 Å². The Hall–Kier alpha value is -2.12. The van der Waals surface area contributed by atoms with Crippen LogP contribution in [0.4, 0.5) is 0 Å². The van der Waals surface area contributed by atoms with Crippen molar-refractivity contribution >= 4 is 10.8 Å². The summed E-state index contributed by atoms with van der Waals surface area (Å²) < 4.78 is 0. The maximum atomic E-state index is 6.61. The highest BCUT2D eigenvalue weighted by atomic mass is 14.6. The fraction of sp³-hybridized carbons (Fsp3) is 0.200. The second kappa shape index (κ2) is 5.71. The van der Waals surface area contributed by atoms with E-state index >= 15 is 0 Å². The molecule has 106 valence electrons. The van der Waals surface area contributed by atoms with Gasteiger partial charge in [-0.2, -0.15) is 0 Å². The quantitative estimate of drug-likeness (QED) is 0.733. The molecule has 3 rings (SSSR count). The molecular weight excluding hydrogens is 254 g/mol. The highest BCUT2D eigenvalue weighted by Crippen LogP contribution is 2.30. The van der Waals surface area contributed by atoms with Crippen molar-refractivity contribution in [3.8, 4) is 0 Å². The summed E-state index contributed by atoms with van der Waals surface area (Å²) >= 11 is 0. The molecule has 0 spiro atoms. The van der Waals surface area contributed by atoms with E-state index in [1.807, 2.05) is 0 Å². The third-order valence-electron chi connectivity index (χ3n) is 4.28. The van der Waals surface area contributed by atoms with E-state index in [0.717, 1.165) is 6.42 Å². The second-order valence-electron chi connectivity index (χ2n) is 5.55. The summed E-state index contributed by atoms with van der Waals surface area (Å²) in [6.45, 7) is 4.33. The first-order valence-electron chi connectivity index (χ1n) is 7.54. The molecule has 2 N–H and O–H groups in total. The Morgan fingerprint density at radius 3 is 2.24 bits per heavy atom. The van der Waals surface area contributed by atoms with Gasteiger partial charge in [-0.25, -0.2) is 0 Å². The number of benzene rings is 3. The molecule has 0 radical (unpaired) electrons. The van der Waals surface area contributed by atoms with E-state index in [-0.39, 0.29) is 6.04 Å². The highest BCUT2D eigenvalue weighted by molar-refractivity contribution is 5.89. The molecular formula is C20H21N. The van der Waals surface area contributed by atoms with Gasteiger partial charge in [0, 0.05) is 0 Å². The lowest BCUT2D eigenvalue weighted by Gasteiger charge is -2.19. The average molecular weight is 275 g/mol. The molecule has 0 aliphatic rings. The predicted molar refractivity (Wildman–Crippen MR) is 90.5 cm³/mol. The minimum atomic E-state index is -0.0772.